The third kappa shape index (κ3) is 3.16. The molecule has 2 rings (SSSR count). The van der Waals surface area contributed by atoms with E-state index in [0.29, 0.717) is 5.92 Å². The monoisotopic (exact) mass is 270 g/mol. The Morgan fingerprint density at radius 3 is 2.75 bits per heavy atom. The molecule has 0 atom stereocenters. The van der Waals surface area contributed by atoms with Crippen molar-refractivity contribution in [1.29, 1.82) is 0 Å². The fourth-order valence-corrected chi connectivity index (χ4v) is 2.45. The molecule has 1 aromatic heterocycles. The lowest BCUT2D eigenvalue weighted by molar-refractivity contribution is 0.103. The van der Waals surface area contributed by atoms with E-state index in [-0.39, 0.29) is 5.78 Å². The molecule has 1 heterocycles. The molecule has 106 valence electrons. The van der Waals surface area contributed by atoms with E-state index < -0.39 is 0 Å². The molecule has 0 spiro atoms. The number of ketones is 1. The average Bonchev–Trinajstić information content (AvgIpc) is 2.78. The summed E-state index contributed by atoms with van der Waals surface area (Å²) < 4.78 is 1.71. The Balaban J connectivity index is 2.33. The van der Waals surface area contributed by atoms with Crippen molar-refractivity contribution >= 4 is 5.78 Å². The Labute approximate surface area is 120 Å². The van der Waals surface area contributed by atoms with Crippen molar-refractivity contribution in [3.63, 3.8) is 0 Å². The number of nitrogens with zero attached hydrogens (tertiary/aromatic N) is 2. The Kier molecular flexibility index (Phi) is 4.38. The number of carbonyl (C=O) groups is 1. The zero-order valence-electron chi connectivity index (χ0n) is 12.7. The SMILES string of the molecule is CCc1nn(C)cc1C(=O)c1cccc(CC(C)C)c1. The number of hydrogen-bond acceptors (Lipinski definition) is 2. The van der Waals surface area contributed by atoms with Crippen LogP contribution in [-0.2, 0) is 19.9 Å². The topological polar surface area (TPSA) is 34.9 Å². The van der Waals surface area contributed by atoms with Crippen LogP contribution in [0.3, 0.4) is 0 Å². The van der Waals surface area contributed by atoms with Gasteiger partial charge in [0.15, 0.2) is 5.78 Å². The van der Waals surface area contributed by atoms with Crippen molar-refractivity contribution in [2.24, 2.45) is 13.0 Å². The highest BCUT2D eigenvalue weighted by Gasteiger charge is 2.16. The molecular formula is C17H22N2O. The summed E-state index contributed by atoms with van der Waals surface area (Å²) in [5, 5.41) is 4.34. The molecule has 0 saturated carbocycles. The van der Waals surface area contributed by atoms with E-state index in [2.05, 4.69) is 25.0 Å². The highest BCUT2D eigenvalue weighted by Crippen LogP contribution is 2.17. The molecule has 0 fully saturated rings. The molecule has 1 aromatic carbocycles. The molecule has 0 bridgehead atoms. The predicted molar refractivity (Wildman–Crippen MR) is 81.0 cm³/mol. The summed E-state index contributed by atoms with van der Waals surface area (Å²) in [6.45, 7) is 6.39. The molecule has 0 saturated heterocycles. The van der Waals surface area contributed by atoms with E-state index >= 15 is 0 Å². The van der Waals surface area contributed by atoms with Gasteiger partial charge in [-0.1, -0.05) is 39.0 Å². The maximum absolute atomic E-state index is 12.6. The molecule has 20 heavy (non-hydrogen) atoms. The highest BCUT2D eigenvalue weighted by molar-refractivity contribution is 6.09. The second-order valence-electron chi connectivity index (χ2n) is 5.64. The third-order valence-corrected chi connectivity index (χ3v) is 3.32. The number of benzene rings is 1. The zero-order valence-corrected chi connectivity index (χ0v) is 12.7. The minimum absolute atomic E-state index is 0.0700. The first-order chi connectivity index (χ1) is 9.51. The van der Waals surface area contributed by atoms with Crippen LogP contribution in [-0.4, -0.2) is 15.6 Å². The highest BCUT2D eigenvalue weighted by atomic mass is 16.1. The van der Waals surface area contributed by atoms with Crippen LogP contribution in [0.25, 0.3) is 0 Å². The van der Waals surface area contributed by atoms with Gasteiger partial charge in [0.1, 0.15) is 0 Å². The predicted octanol–water partition coefficient (Wildman–Crippen LogP) is 3.41. The summed E-state index contributed by atoms with van der Waals surface area (Å²) in [4.78, 5) is 12.6. The summed E-state index contributed by atoms with van der Waals surface area (Å²) >= 11 is 0. The van der Waals surface area contributed by atoms with E-state index in [9.17, 15) is 4.79 Å². The van der Waals surface area contributed by atoms with Crippen molar-refractivity contribution in [2.45, 2.75) is 33.6 Å². The standard InChI is InChI=1S/C17H22N2O/c1-5-16-15(11-19(4)18-16)17(20)14-8-6-7-13(10-14)9-12(2)3/h6-8,10-12H,5,9H2,1-4H3. The lowest BCUT2D eigenvalue weighted by Crippen LogP contribution is -2.04. The van der Waals surface area contributed by atoms with Gasteiger partial charge in [0.25, 0.3) is 0 Å². The van der Waals surface area contributed by atoms with E-state index in [1.54, 1.807) is 4.68 Å². The summed E-state index contributed by atoms with van der Waals surface area (Å²) in [5.41, 5.74) is 3.56. The van der Waals surface area contributed by atoms with Crippen LogP contribution in [0.1, 0.15) is 48.0 Å². The van der Waals surface area contributed by atoms with E-state index in [1.807, 2.05) is 38.4 Å². The first kappa shape index (κ1) is 14.5. The smallest absolute Gasteiger partial charge is 0.196 e. The van der Waals surface area contributed by atoms with Crippen LogP contribution in [0.5, 0.6) is 0 Å². The minimum Gasteiger partial charge on any atom is -0.288 e. The van der Waals surface area contributed by atoms with Crippen LogP contribution in [0.2, 0.25) is 0 Å². The van der Waals surface area contributed by atoms with Crippen LogP contribution < -0.4 is 0 Å². The first-order valence-electron chi connectivity index (χ1n) is 7.17. The molecular weight excluding hydrogens is 248 g/mol. The van der Waals surface area contributed by atoms with Gasteiger partial charge in [0.05, 0.1) is 11.3 Å². The van der Waals surface area contributed by atoms with Crippen molar-refractivity contribution in [1.82, 2.24) is 9.78 Å². The molecule has 0 aliphatic heterocycles. The summed E-state index contributed by atoms with van der Waals surface area (Å²) in [7, 11) is 1.85. The molecule has 0 aliphatic carbocycles. The number of rotatable bonds is 5. The molecule has 0 aliphatic rings. The van der Waals surface area contributed by atoms with Crippen molar-refractivity contribution in [3.05, 3.63) is 52.8 Å². The minimum atomic E-state index is 0.0700. The molecule has 3 heteroatoms. The van der Waals surface area contributed by atoms with Crippen LogP contribution in [0.4, 0.5) is 0 Å². The maximum atomic E-state index is 12.6. The molecule has 3 nitrogen and oxygen atoms in total. The second-order valence-corrected chi connectivity index (χ2v) is 5.64. The van der Waals surface area contributed by atoms with Gasteiger partial charge in [-0.3, -0.25) is 9.48 Å². The summed E-state index contributed by atoms with van der Waals surface area (Å²) in [5.74, 6) is 0.658. The van der Waals surface area contributed by atoms with Gasteiger partial charge in [0.2, 0.25) is 0 Å². The van der Waals surface area contributed by atoms with Gasteiger partial charge in [-0.15, -0.1) is 0 Å². The van der Waals surface area contributed by atoms with Crippen LogP contribution in [0.15, 0.2) is 30.5 Å². The van der Waals surface area contributed by atoms with Crippen molar-refractivity contribution in [3.8, 4) is 0 Å². The normalized spacial score (nSPS) is 11.1. The fourth-order valence-electron chi connectivity index (χ4n) is 2.45. The van der Waals surface area contributed by atoms with E-state index in [1.165, 1.54) is 5.56 Å². The first-order valence-corrected chi connectivity index (χ1v) is 7.17. The third-order valence-electron chi connectivity index (χ3n) is 3.32. The molecule has 0 unspecified atom stereocenters. The second kappa shape index (κ2) is 6.04. The van der Waals surface area contributed by atoms with Crippen LogP contribution in [0, 0.1) is 5.92 Å². The van der Waals surface area contributed by atoms with Gasteiger partial charge in [-0.05, 0) is 30.4 Å². The fraction of sp³-hybridized carbons (Fsp3) is 0.412. The quantitative estimate of drug-likeness (QED) is 0.780. The lowest BCUT2D eigenvalue weighted by Gasteiger charge is -2.07. The van der Waals surface area contributed by atoms with Gasteiger partial charge in [-0.2, -0.15) is 5.10 Å². The lowest BCUT2D eigenvalue weighted by atomic mass is 9.97. The van der Waals surface area contributed by atoms with E-state index in [0.717, 1.165) is 29.7 Å². The van der Waals surface area contributed by atoms with Gasteiger partial charge < -0.3 is 0 Å². The number of carbonyl (C=O) groups excluding carboxylic acids is 1. The average molecular weight is 270 g/mol. The van der Waals surface area contributed by atoms with Gasteiger partial charge in [-0.25, -0.2) is 0 Å². The Morgan fingerprint density at radius 2 is 2.10 bits per heavy atom. The number of aryl methyl sites for hydroxylation is 2. The molecule has 0 amide bonds. The Bertz CT molecular complexity index is 611. The Hall–Kier alpha value is -1.90. The van der Waals surface area contributed by atoms with Crippen molar-refractivity contribution < 1.29 is 4.79 Å². The Morgan fingerprint density at radius 1 is 1.35 bits per heavy atom. The molecule has 0 N–H and O–H groups in total. The summed E-state index contributed by atoms with van der Waals surface area (Å²) in [6.07, 6.45) is 3.58. The largest absolute Gasteiger partial charge is 0.288 e. The number of hydrogen-bond donors (Lipinski definition) is 0. The molecule has 2 aromatic rings. The van der Waals surface area contributed by atoms with Crippen molar-refractivity contribution in [2.75, 3.05) is 0 Å². The number of aromatic nitrogens is 2. The zero-order chi connectivity index (χ0) is 14.7. The molecule has 0 radical (unpaired) electrons. The van der Waals surface area contributed by atoms with Crippen LogP contribution >= 0.6 is 0 Å². The summed E-state index contributed by atoms with van der Waals surface area (Å²) in [6, 6.07) is 7.95. The van der Waals surface area contributed by atoms with Gasteiger partial charge >= 0.3 is 0 Å². The maximum Gasteiger partial charge on any atom is 0.196 e. The van der Waals surface area contributed by atoms with E-state index in [4.69, 9.17) is 0 Å². The van der Waals surface area contributed by atoms with Gasteiger partial charge in [0, 0.05) is 18.8 Å².